The molecule has 2 amide bonds. The summed E-state index contributed by atoms with van der Waals surface area (Å²) in [6.07, 6.45) is 2.09. The Morgan fingerprint density at radius 3 is 1.56 bits per heavy atom. The van der Waals surface area contributed by atoms with Crippen molar-refractivity contribution in [2.24, 2.45) is 0 Å². The number of aliphatic hydroxyl groups is 1. The summed E-state index contributed by atoms with van der Waals surface area (Å²) in [6, 6.07) is 0. The molecule has 2 rings (SSSR count). The molecule has 0 saturated carbocycles. The molecule has 382 valence electrons. The number of hydrogen-bond donors (Lipinski definition) is 8. The third-order valence-corrected chi connectivity index (χ3v) is 6.74. The maximum absolute atomic E-state index is 11.1. The van der Waals surface area contributed by atoms with Crippen LogP contribution in [-0.4, -0.2) is 204 Å². The minimum atomic E-state index is -0.775. The number of likely N-dealkylation sites (N-methyl/N-ethyl adjacent to an activating group) is 2. The van der Waals surface area contributed by atoms with Crippen molar-refractivity contribution < 1.29 is 77.4 Å². The smallest absolute Gasteiger partial charge is 0.481 e. The first-order valence-corrected chi connectivity index (χ1v) is 21.3. The summed E-state index contributed by atoms with van der Waals surface area (Å²) in [4.78, 5) is 81.6. The number of carboxylic acid groups (broad SMARTS) is 2. The molecule has 1 fully saturated rings. The molecule has 0 unspecified atom stereocenters. The van der Waals surface area contributed by atoms with Gasteiger partial charge in [-0.3, -0.25) is 29.0 Å². The molecular formula is C39H83N7O16S2. The van der Waals surface area contributed by atoms with Crippen LogP contribution >= 0.6 is 25.6 Å². The SMILES string of the molecule is C=C.CCN(C)CC(=O)O.CCN(C)CCC(=O)O.CCN(C)CCN1C(=O)C=CC1=O.CCNC.CCO.CCOC(=O)ONS.CCOC1OCCO1.CCOCC(=O)ONS. The highest BCUT2D eigenvalue weighted by Gasteiger charge is 2.22. The minimum absolute atomic E-state index is 0.0376. The topological polar surface area (TPSA) is 277 Å². The molecule has 23 nitrogen and oxygen atoms in total. The zero-order valence-electron chi connectivity index (χ0n) is 40.3. The van der Waals surface area contributed by atoms with Crippen molar-refractivity contribution in [3.05, 3.63) is 25.3 Å². The van der Waals surface area contributed by atoms with Crippen LogP contribution in [0.15, 0.2) is 25.3 Å². The number of rotatable bonds is 20. The van der Waals surface area contributed by atoms with Crippen LogP contribution < -0.4 is 15.1 Å². The first kappa shape index (κ1) is 74.9. The number of amides is 2. The molecule has 2 aliphatic heterocycles. The van der Waals surface area contributed by atoms with Gasteiger partial charge < -0.3 is 63.8 Å². The predicted octanol–water partition coefficient (Wildman–Crippen LogP) is 2.10. The van der Waals surface area contributed by atoms with Crippen LogP contribution in [0.2, 0.25) is 0 Å². The van der Waals surface area contributed by atoms with Crippen molar-refractivity contribution in [1.82, 2.24) is 34.7 Å². The van der Waals surface area contributed by atoms with Crippen molar-refractivity contribution in [2.75, 3.05) is 127 Å². The largest absolute Gasteiger partial charge is 0.528 e. The van der Waals surface area contributed by atoms with E-state index in [4.69, 9.17) is 34.3 Å². The molecule has 0 bridgehead atoms. The molecule has 1 saturated heterocycles. The van der Waals surface area contributed by atoms with E-state index in [-0.39, 0.29) is 44.5 Å². The lowest BCUT2D eigenvalue weighted by Crippen LogP contribution is -2.37. The number of nitrogens with one attached hydrogen (secondary N) is 3. The third-order valence-electron chi connectivity index (χ3n) is 6.56. The molecule has 0 aromatic rings. The molecule has 25 heteroatoms. The van der Waals surface area contributed by atoms with Gasteiger partial charge in [-0.15, -0.1) is 13.2 Å². The van der Waals surface area contributed by atoms with Crippen molar-refractivity contribution in [2.45, 2.75) is 68.3 Å². The maximum atomic E-state index is 11.1. The molecule has 0 spiro atoms. The summed E-state index contributed by atoms with van der Waals surface area (Å²) < 4.78 is 23.9. The van der Waals surface area contributed by atoms with E-state index in [1.807, 2.05) is 63.5 Å². The molecule has 0 aromatic carbocycles. The van der Waals surface area contributed by atoms with Gasteiger partial charge in [0.15, 0.2) is 0 Å². The fourth-order valence-corrected chi connectivity index (χ4v) is 3.06. The summed E-state index contributed by atoms with van der Waals surface area (Å²) in [6.45, 7) is 29.3. The zero-order chi connectivity index (χ0) is 51.1. The van der Waals surface area contributed by atoms with Crippen molar-refractivity contribution in [3.8, 4) is 0 Å². The predicted molar refractivity (Wildman–Crippen MR) is 251 cm³/mol. The fourth-order valence-electron chi connectivity index (χ4n) is 2.89. The molecule has 2 heterocycles. The van der Waals surface area contributed by atoms with E-state index in [2.05, 4.69) is 70.3 Å². The highest BCUT2D eigenvalue weighted by Crippen LogP contribution is 2.04. The Kier molecular flexibility index (Phi) is 72.1. The van der Waals surface area contributed by atoms with E-state index in [0.29, 0.717) is 46.1 Å². The van der Waals surface area contributed by atoms with E-state index in [1.54, 1.807) is 32.7 Å². The van der Waals surface area contributed by atoms with E-state index in [9.17, 15) is 28.8 Å². The van der Waals surface area contributed by atoms with Gasteiger partial charge in [-0.05, 0) is 82.1 Å². The molecule has 0 aromatic heterocycles. The van der Waals surface area contributed by atoms with Gasteiger partial charge in [-0.1, -0.05) is 63.1 Å². The standard InChI is InChI=1S/C9H14N2O2.C6H13NO2.C5H11NO2.C5H10O3.C4H9NO3S.C3H7NO3S.C3H9N.C2H6O.C2H4/c1-3-10(2)6-7-11-8(12)4-5-9(11)13;1-3-7(2)5-4-6(8)9;1-3-6(2)4-5(7)8;1-2-6-5-7-3-4-8-5;1-2-7-3-4(6)8-5-9;1-2-6-3(5)7-4-8;1-3-4-2;1-2-3;1-2/h4-5H,3,6-7H2,1-2H3;3-5H2,1-2H3,(H,8,9);3-4H2,1-2H3,(H,7,8);5H,2-4H2,1H3;5,9H,2-3H2,1H3;4,8H,2H2,1H3;4H,3H2,1-2H3;3H,2H2,1H3;1-2H2. The number of carboxylic acids is 2. The Labute approximate surface area is 393 Å². The third kappa shape index (κ3) is 67.6. The van der Waals surface area contributed by atoms with E-state index in [1.165, 1.54) is 17.1 Å². The molecule has 64 heavy (non-hydrogen) atoms. The van der Waals surface area contributed by atoms with E-state index >= 15 is 0 Å². The first-order chi connectivity index (χ1) is 30.4. The lowest BCUT2D eigenvalue weighted by molar-refractivity contribution is -0.227. The van der Waals surface area contributed by atoms with Crippen molar-refractivity contribution in [1.29, 1.82) is 0 Å². The zero-order valence-corrected chi connectivity index (χ0v) is 42.1. The number of hydrogen-bond acceptors (Lipinski definition) is 22. The van der Waals surface area contributed by atoms with Crippen LogP contribution in [0.4, 0.5) is 4.79 Å². The average molecular weight is 970 g/mol. The summed E-state index contributed by atoms with van der Waals surface area (Å²) in [5.74, 6) is -2.37. The average Bonchev–Trinajstić information content (AvgIpc) is 3.91. The van der Waals surface area contributed by atoms with Gasteiger partial charge in [0.05, 0.1) is 32.8 Å². The summed E-state index contributed by atoms with van der Waals surface area (Å²) in [5, 5.41) is 26.9. The van der Waals surface area contributed by atoms with Gasteiger partial charge in [0.25, 0.3) is 18.3 Å². The Hall–Kier alpha value is -3.44. The number of nitrogens with zero attached hydrogens (tertiary/aromatic N) is 4. The quantitative estimate of drug-likeness (QED) is 0.0285. The number of aliphatic carboxylic acids is 2. The summed E-state index contributed by atoms with van der Waals surface area (Å²) >= 11 is 6.81. The Bertz CT molecular complexity index is 1090. The number of imide groups is 1. The van der Waals surface area contributed by atoms with Gasteiger partial charge >= 0.3 is 24.1 Å². The van der Waals surface area contributed by atoms with Crippen LogP contribution in [0.25, 0.3) is 0 Å². The number of ether oxygens (including phenoxy) is 5. The lowest BCUT2D eigenvalue weighted by Gasteiger charge is -2.18. The highest BCUT2D eigenvalue weighted by molar-refractivity contribution is 7.78. The molecule has 6 N–H and O–H groups in total. The van der Waals surface area contributed by atoms with Gasteiger partial charge in [-0.2, -0.15) is 0 Å². The second-order valence-electron chi connectivity index (χ2n) is 11.4. The number of aliphatic hydroxyl groups excluding tert-OH is 1. The first-order valence-electron chi connectivity index (χ1n) is 20.4. The van der Waals surface area contributed by atoms with Crippen molar-refractivity contribution >= 4 is 61.5 Å². The van der Waals surface area contributed by atoms with Crippen LogP contribution in [0.5, 0.6) is 0 Å². The molecule has 0 aliphatic carbocycles. The second kappa shape index (κ2) is 61.6. The van der Waals surface area contributed by atoms with Gasteiger partial charge in [0, 0.05) is 51.6 Å². The Morgan fingerprint density at radius 1 is 0.781 bits per heavy atom. The molecular weight excluding hydrogens is 887 g/mol. The Morgan fingerprint density at radius 2 is 1.23 bits per heavy atom. The Balaban J connectivity index is -0.000000118. The summed E-state index contributed by atoms with van der Waals surface area (Å²) in [7, 11) is 7.56. The fraction of sp³-hybridized carbons (Fsp3) is 0.744. The van der Waals surface area contributed by atoms with Gasteiger partial charge in [0.2, 0.25) is 0 Å². The molecule has 0 atom stereocenters. The van der Waals surface area contributed by atoms with Crippen LogP contribution in [0.1, 0.15) is 61.8 Å². The van der Waals surface area contributed by atoms with Crippen molar-refractivity contribution in [3.63, 3.8) is 0 Å². The van der Waals surface area contributed by atoms with Gasteiger partial charge in [-0.25, -0.2) is 9.59 Å². The van der Waals surface area contributed by atoms with Crippen LogP contribution in [0.3, 0.4) is 0 Å². The molecule has 2 aliphatic rings. The summed E-state index contributed by atoms with van der Waals surface area (Å²) in [5.41, 5.74) is 0. The van der Waals surface area contributed by atoms with Crippen LogP contribution in [0, 0.1) is 0 Å². The van der Waals surface area contributed by atoms with Crippen LogP contribution in [-0.2, 0) is 57.3 Å². The van der Waals surface area contributed by atoms with E-state index < -0.39 is 24.1 Å². The maximum Gasteiger partial charge on any atom is 0.528 e. The number of carbonyl (C=O) groups excluding carboxylic acids is 4. The van der Waals surface area contributed by atoms with Gasteiger partial charge in [0.1, 0.15) is 6.61 Å². The number of carbonyl (C=O) groups is 6. The number of thiol groups is 2. The monoisotopic (exact) mass is 970 g/mol. The lowest BCUT2D eigenvalue weighted by atomic mass is 10.4. The van der Waals surface area contributed by atoms with E-state index in [0.717, 1.165) is 32.7 Å². The second-order valence-corrected chi connectivity index (χ2v) is 11.8. The highest BCUT2D eigenvalue weighted by atomic mass is 32.1. The minimum Gasteiger partial charge on any atom is -0.481 e. The molecule has 0 radical (unpaired) electrons. The normalized spacial score (nSPS) is 11.9.